The largest absolute Gasteiger partial charge is 0.382 e. The SMILES string of the molecule is N#Cc1cnc(SCC(=O)Nc2sc3c(c2C#N)CCCCC3)nc1N. The standard InChI is InChI=1S/C17H16N6OS2/c18-6-10-8-21-17(23-15(10)20)25-9-14(24)22-16-12(7-19)11-4-2-1-3-5-13(11)26-16/h8H,1-5,9H2,(H,22,24)(H2,20,21,23). The normalized spacial score (nSPS) is 13.2. The molecule has 0 atom stereocenters. The number of rotatable bonds is 4. The summed E-state index contributed by atoms with van der Waals surface area (Å²) in [5.41, 5.74) is 7.55. The highest BCUT2D eigenvalue weighted by Crippen LogP contribution is 2.37. The first kappa shape index (κ1) is 18.2. The third-order valence-corrected chi connectivity index (χ3v) is 6.10. The number of carbonyl (C=O) groups excluding carboxylic acids is 1. The topological polar surface area (TPSA) is 128 Å². The zero-order valence-corrected chi connectivity index (χ0v) is 15.5. The van der Waals surface area contributed by atoms with Crippen LogP contribution in [0.3, 0.4) is 0 Å². The number of hydrogen-bond acceptors (Lipinski definition) is 8. The van der Waals surface area contributed by atoms with Crippen molar-refractivity contribution >= 4 is 39.8 Å². The Balaban J connectivity index is 1.66. The van der Waals surface area contributed by atoms with Crippen LogP contribution in [-0.2, 0) is 17.6 Å². The molecule has 0 saturated carbocycles. The third kappa shape index (κ3) is 3.96. The molecule has 1 aliphatic carbocycles. The number of nitrogens with two attached hydrogens (primary N) is 1. The second kappa shape index (κ2) is 8.17. The van der Waals surface area contributed by atoms with Gasteiger partial charge in [-0.25, -0.2) is 9.97 Å². The van der Waals surface area contributed by atoms with Gasteiger partial charge in [0.2, 0.25) is 5.91 Å². The molecule has 3 rings (SSSR count). The van der Waals surface area contributed by atoms with Crippen LogP contribution >= 0.6 is 23.1 Å². The molecule has 0 fully saturated rings. The predicted molar refractivity (Wildman–Crippen MR) is 101 cm³/mol. The van der Waals surface area contributed by atoms with Crippen molar-refractivity contribution in [1.29, 1.82) is 10.5 Å². The van der Waals surface area contributed by atoms with Crippen LogP contribution in [0.1, 0.15) is 40.8 Å². The van der Waals surface area contributed by atoms with Crippen LogP contribution in [0.15, 0.2) is 11.4 Å². The molecule has 2 aromatic heterocycles. The number of nitrogens with zero attached hydrogens (tertiary/aromatic N) is 4. The van der Waals surface area contributed by atoms with Gasteiger partial charge in [0.05, 0.1) is 17.5 Å². The molecule has 7 nitrogen and oxygen atoms in total. The number of nitrogen functional groups attached to an aromatic ring is 1. The van der Waals surface area contributed by atoms with E-state index in [1.807, 2.05) is 6.07 Å². The van der Waals surface area contributed by atoms with E-state index in [4.69, 9.17) is 11.0 Å². The molecule has 2 heterocycles. The van der Waals surface area contributed by atoms with Gasteiger partial charge in [-0.1, -0.05) is 18.2 Å². The second-order valence-electron chi connectivity index (χ2n) is 5.78. The Bertz CT molecular complexity index is 925. The van der Waals surface area contributed by atoms with Crippen molar-refractivity contribution in [2.45, 2.75) is 37.3 Å². The number of aromatic nitrogens is 2. The van der Waals surface area contributed by atoms with E-state index in [1.165, 1.54) is 28.8 Å². The Labute approximate surface area is 159 Å². The highest BCUT2D eigenvalue weighted by atomic mass is 32.2. The highest BCUT2D eigenvalue weighted by Gasteiger charge is 2.21. The Kier molecular flexibility index (Phi) is 5.71. The quantitative estimate of drug-likeness (QED) is 0.471. The van der Waals surface area contributed by atoms with E-state index < -0.39 is 0 Å². The first-order valence-corrected chi connectivity index (χ1v) is 9.92. The van der Waals surface area contributed by atoms with E-state index in [-0.39, 0.29) is 23.0 Å². The minimum absolute atomic E-state index is 0.0960. The van der Waals surface area contributed by atoms with Gasteiger partial charge in [-0.05, 0) is 31.2 Å². The van der Waals surface area contributed by atoms with Crippen molar-refractivity contribution in [3.63, 3.8) is 0 Å². The minimum Gasteiger partial charge on any atom is -0.382 e. The van der Waals surface area contributed by atoms with E-state index in [0.717, 1.165) is 43.0 Å². The fourth-order valence-electron chi connectivity index (χ4n) is 2.78. The van der Waals surface area contributed by atoms with Gasteiger partial charge in [0.1, 0.15) is 28.5 Å². The van der Waals surface area contributed by atoms with Crippen LogP contribution < -0.4 is 11.1 Å². The zero-order valence-electron chi connectivity index (χ0n) is 13.9. The van der Waals surface area contributed by atoms with Crippen molar-refractivity contribution in [3.05, 3.63) is 27.8 Å². The molecule has 0 spiro atoms. The predicted octanol–water partition coefficient (Wildman–Crippen LogP) is 2.86. The van der Waals surface area contributed by atoms with Crippen molar-refractivity contribution in [3.8, 4) is 12.1 Å². The van der Waals surface area contributed by atoms with E-state index >= 15 is 0 Å². The average Bonchev–Trinajstić information content (AvgIpc) is 2.79. The van der Waals surface area contributed by atoms with Crippen LogP contribution in [0.5, 0.6) is 0 Å². The van der Waals surface area contributed by atoms with E-state index in [0.29, 0.717) is 15.7 Å². The molecular weight excluding hydrogens is 368 g/mol. The van der Waals surface area contributed by atoms with Gasteiger partial charge in [0, 0.05) is 4.88 Å². The maximum Gasteiger partial charge on any atom is 0.235 e. The number of hydrogen-bond donors (Lipinski definition) is 2. The first-order valence-electron chi connectivity index (χ1n) is 8.12. The second-order valence-corrected chi connectivity index (χ2v) is 7.83. The summed E-state index contributed by atoms with van der Waals surface area (Å²) in [5, 5.41) is 22.1. The number of fused-ring (bicyclic) bond motifs is 1. The van der Waals surface area contributed by atoms with E-state index in [9.17, 15) is 10.1 Å². The lowest BCUT2D eigenvalue weighted by molar-refractivity contribution is -0.113. The monoisotopic (exact) mass is 384 g/mol. The van der Waals surface area contributed by atoms with Gasteiger partial charge in [0.15, 0.2) is 5.16 Å². The summed E-state index contributed by atoms with van der Waals surface area (Å²) < 4.78 is 0. The number of anilines is 2. The van der Waals surface area contributed by atoms with Crippen LogP contribution in [-0.4, -0.2) is 21.6 Å². The molecule has 0 aromatic carbocycles. The molecule has 132 valence electrons. The van der Waals surface area contributed by atoms with Crippen molar-refractivity contribution in [2.75, 3.05) is 16.8 Å². The maximum atomic E-state index is 12.3. The number of thiophene rings is 1. The zero-order chi connectivity index (χ0) is 18.5. The molecule has 0 aliphatic heterocycles. The molecule has 0 radical (unpaired) electrons. The third-order valence-electron chi connectivity index (χ3n) is 4.04. The summed E-state index contributed by atoms with van der Waals surface area (Å²) in [7, 11) is 0. The van der Waals surface area contributed by atoms with Crippen LogP contribution in [0.25, 0.3) is 0 Å². The molecule has 0 unspecified atom stereocenters. The lowest BCUT2D eigenvalue weighted by Gasteiger charge is -2.04. The summed E-state index contributed by atoms with van der Waals surface area (Å²) in [6.07, 6.45) is 6.60. The van der Waals surface area contributed by atoms with Gasteiger partial charge in [-0.15, -0.1) is 11.3 Å². The Morgan fingerprint density at radius 1 is 1.31 bits per heavy atom. The van der Waals surface area contributed by atoms with Gasteiger partial charge in [-0.2, -0.15) is 10.5 Å². The number of thioether (sulfide) groups is 1. The molecule has 26 heavy (non-hydrogen) atoms. The summed E-state index contributed by atoms with van der Waals surface area (Å²) >= 11 is 2.64. The maximum absolute atomic E-state index is 12.3. The number of nitrogens with one attached hydrogen (secondary N) is 1. The Morgan fingerprint density at radius 3 is 2.85 bits per heavy atom. The Hall–Kier alpha value is -2.62. The molecular formula is C17H16N6OS2. The lowest BCUT2D eigenvalue weighted by atomic mass is 10.1. The molecule has 1 amide bonds. The van der Waals surface area contributed by atoms with Gasteiger partial charge in [0.25, 0.3) is 0 Å². The van der Waals surface area contributed by atoms with Crippen LogP contribution in [0.2, 0.25) is 0 Å². The molecule has 0 bridgehead atoms. The molecule has 1 aliphatic rings. The fraction of sp³-hybridized carbons (Fsp3) is 0.353. The van der Waals surface area contributed by atoms with Gasteiger partial charge < -0.3 is 11.1 Å². The first-order chi connectivity index (χ1) is 12.6. The fourth-order valence-corrected chi connectivity index (χ4v) is 4.65. The summed E-state index contributed by atoms with van der Waals surface area (Å²) in [6, 6.07) is 4.14. The average molecular weight is 384 g/mol. The summed E-state index contributed by atoms with van der Waals surface area (Å²) in [5.74, 6) is -0.0349. The van der Waals surface area contributed by atoms with Crippen LogP contribution in [0.4, 0.5) is 10.8 Å². The number of amides is 1. The van der Waals surface area contributed by atoms with Crippen molar-refractivity contribution < 1.29 is 4.79 Å². The smallest absolute Gasteiger partial charge is 0.235 e. The summed E-state index contributed by atoms with van der Waals surface area (Å²) in [6.45, 7) is 0. The Morgan fingerprint density at radius 2 is 2.12 bits per heavy atom. The summed E-state index contributed by atoms with van der Waals surface area (Å²) in [4.78, 5) is 21.5. The lowest BCUT2D eigenvalue weighted by Crippen LogP contribution is -2.14. The van der Waals surface area contributed by atoms with Gasteiger partial charge >= 0.3 is 0 Å². The molecule has 9 heteroatoms. The molecule has 2 aromatic rings. The molecule has 0 saturated heterocycles. The number of carbonyl (C=O) groups is 1. The van der Waals surface area contributed by atoms with Gasteiger partial charge in [-0.3, -0.25) is 4.79 Å². The molecule has 3 N–H and O–H groups in total. The van der Waals surface area contributed by atoms with E-state index in [1.54, 1.807) is 0 Å². The highest BCUT2D eigenvalue weighted by molar-refractivity contribution is 7.99. The minimum atomic E-state index is -0.227. The number of aryl methyl sites for hydroxylation is 1. The number of nitriles is 2. The van der Waals surface area contributed by atoms with Crippen LogP contribution in [0, 0.1) is 22.7 Å². The van der Waals surface area contributed by atoms with Crippen molar-refractivity contribution in [1.82, 2.24) is 9.97 Å². The van der Waals surface area contributed by atoms with Crippen molar-refractivity contribution in [2.24, 2.45) is 0 Å². The van der Waals surface area contributed by atoms with E-state index in [2.05, 4.69) is 21.4 Å².